The minimum atomic E-state index is -0.816. The molecule has 1 aliphatic heterocycles. The van der Waals surface area contributed by atoms with E-state index in [4.69, 9.17) is 14.2 Å². The van der Waals surface area contributed by atoms with Crippen LogP contribution in [0.2, 0.25) is 0 Å². The molecule has 0 saturated carbocycles. The maximum atomic E-state index is 13.8. The van der Waals surface area contributed by atoms with Crippen LogP contribution in [0.3, 0.4) is 0 Å². The van der Waals surface area contributed by atoms with Gasteiger partial charge >= 0.3 is 11.9 Å². The van der Waals surface area contributed by atoms with Crippen molar-refractivity contribution in [1.82, 2.24) is 4.57 Å². The number of ether oxygens (including phenoxy) is 3. The molecular weight excluding hydrogens is 506 g/mol. The van der Waals surface area contributed by atoms with Crippen LogP contribution in [0.15, 0.2) is 63.5 Å². The number of aromatic nitrogens is 1. The third kappa shape index (κ3) is 5.26. The number of hydrogen-bond donors (Lipinski definition) is 0. The number of nitrogens with zero attached hydrogens (tertiary/aromatic N) is 3. The number of rotatable bonds is 7. The summed E-state index contributed by atoms with van der Waals surface area (Å²) in [6.07, 6.45) is 1.81. The van der Waals surface area contributed by atoms with Crippen LogP contribution in [-0.2, 0) is 14.3 Å². The molecule has 0 aliphatic carbocycles. The summed E-state index contributed by atoms with van der Waals surface area (Å²) in [6.45, 7) is 4.91. The molecule has 0 bridgehead atoms. The Morgan fingerprint density at radius 3 is 2.45 bits per heavy atom. The first-order chi connectivity index (χ1) is 18.1. The van der Waals surface area contributed by atoms with Gasteiger partial charge in [0, 0.05) is 26.7 Å². The Labute approximate surface area is 223 Å². The molecule has 1 aromatic heterocycles. The Bertz CT molecular complexity index is 1600. The molecule has 9 nitrogen and oxygen atoms in total. The van der Waals surface area contributed by atoms with Gasteiger partial charge in [0.1, 0.15) is 0 Å². The van der Waals surface area contributed by atoms with E-state index in [9.17, 15) is 14.4 Å². The second-order valence-corrected chi connectivity index (χ2v) is 9.80. The normalized spacial score (nSPS) is 15.0. The van der Waals surface area contributed by atoms with E-state index in [-0.39, 0.29) is 23.5 Å². The number of allylic oxidation sites excluding steroid dienone is 1. The monoisotopic (exact) mass is 535 g/mol. The van der Waals surface area contributed by atoms with E-state index < -0.39 is 18.0 Å². The van der Waals surface area contributed by atoms with Crippen molar-refractivity contribution >= 4 is 35.0 Å². The van der Waals surface area contributed by atoms with E-state index in [0.717, 1.165) is 11.3 Å². The largest absolute Gasteiger partial charge is 0.493 e. The minimum absolute atomic E-state index is 0.171. The Kier molecular flexibility index (Phi) is 7.82. The third-order valence-corrected chi connectivity index (χ3v) is 6.96. The SMILES string of the molecule is CCOC(=O)C1=C(C)N=c2sc(=Cc3ccc(N(C)C)cc3)c(=O)n2C1c1ccc(OC(C)=O)c(OC)c1. The first kappa shape index (κ1) is 26.9. The number of anilines is 1. The topological polar surface area (TPSA) is 99.4 Å². The number of carbonyl (C=O) groups excluding carboxylic acids is 2. The molecular formula is C28H29N3O6S. The van der Waals surface area contributed by atoms with Gasteiger partial charge in [-0.05, 0) is 55.3 Å². The average molecular weight is 536 g/mol. The highest BCUT2D eigenvalue weighted by Gasteiger charge is 2.34. The summed E-state index contributed by atoms with van der Waals surface area (Å²) >= 11 is 1.25. The van der Waals surface area contributed by atoms with E-state index in [1.54, 1.807) is 32.0 Å². The van der Waals surface area contributed by atoms with Gasteiger partial charge in [0.05, 0.1) is 35.6 Å². The van der Waals surface area contributed by atoms with Gasteiger partial charge < -0.3 is 19.1 Å². The van der Waals surface area contributed by atoms with Gasteiger partial charge in [-0.1, -0.05) is 29.5 Å². The quantitative estimate of drug-likeness (QED) is 0.339. The highest BCUT2D eigenvalue weighted by atomic mass is 32.1. The van der Waals surface area contributed by atoms with Gasteiger partial charge in [-0.15, -0.1) is 0 Å². The molecule has 2 aromatic carbocycles. The molecule has 1 aliphatic rings. The molecule has 1 atom stereocenters. The summed E-state index contributed by atoms with van der Waals surface area (Å²) in [5, 5.41) is 0. The van der Waals surface area contributed by atoms with Crippen molar-refractivity contribution in [1.29, 1.82) is 0 Å². The summed E-state index contributed by atoms with van der Waals surface area (Å²) < 4.78 is 18.0. The second-order valence-electron chi connectivity index (χ2n) is 8.79. The van der Waals surface area contributed by atoms with Crippen LogP contribution < -0.4 is 29.3 Å². The summed E-state index contributed by atoms with van der Waals surface area (Å²) in [6, 6.07) is 12.0. The lowest BCUT2D eigenvalue weighted by Crippen LogP contribution is -2.40. The van der Waals surface area contributed by atoms with Gasteiger partial charge in [-0.25, -0.2) is 9.79 Å². The predicted molar refractivity (Wildman–Crippen MR) is 145 cm³/mol. The van der Waals surface area contributed by atoms with E-state index in [0.29, 0.717) is 26.3 Å². The summed E-state index contributed by atoms with van der Waals surface area (Å²) in [7, 11) is 5.38. The number of benzene rings is 2. The van der Waals surface area contributed by atoms with Gasteiger partial charge in [-0.2, -0.15) is 0 Å². The zero-order valence-corrected chi connectivity index (χ0v) is 22.9. The zero-order chi connectivity index (χ0) is 27.6. The lowest BCUT2D eigenvalue weighted by Gasteiger charge is -2.25. The Morgan fingerprint density at radius 2 is 1.84 bits per heavy atom. The van der Waals surface area contributed by atoms with Crippen molar-refractivity contribution < 1.29 is 23.8 Å². The van der Waals surface area contributed by atoms with E-state index in [2.05, 4.69) is 4.99 Å². The van der Waals surface area contributed by atoms with Crippen molar-refractivity contribution in [3.63, 3.8) is 0 Å². The maximum Gasteiger partial charge on any atom is 0.338 e. The summed E-state index contributed by atoms with van der Waals surface area (Å²) in [5.74, 6) is -0.532. The zero-order valence-electron chi connectivity index (χ0n) is 22.1. The van der Waals surface area contributed by atoms with Gasteiger partial charge in [0.2, 0.25) is 0 Å². The van der Waals surface area contributed by atoms with Crippen LogP contribution in [0, 0.1) is 0 Å². The summed E-state index contributed by atoms with van der Waals surface area (Å²) in [5.41, 5.74) is 2.92. The third-order valence-electron chi connectivity index (χ3n) is 5.98. The average Bonchev–Trinajstić information content (AvgIpc) is 3.17. The van der Waals surface area contributed by atoms with E-state index >= 15 is 0 Å². The number of fused-ring (bicyclic) bond motifs is 1. The lowest BCUT2D eigenvalue weighted by atomic mass is 9.95. The second kappa shape index (κ2) is 11.1. The van der Waals surface area contributed by atoms with Gasteiger partial charge in [0.25, 0.3) is 5.56 Å². The highest BCUT2D eigenvalue weighted by Crippen LogP contribution is 2.36. The Balaban J connectivity index is 1.91. The smallest absolute Gasteiger partial charge is 0.338 e. The molecule has 0 spiro atoms. The first-order valence-corrected chi connectivity index (χ1v) is 12.8. The van der Waals surface area contributed by atoms with Crippen LogP contribution in [-0.4, -0.2) is 44.3 Å². The summed E-state index contributed by atoms with van der Waals surface area (Å²) in [4.78, 5) is 45.5. The van der Waals surface area contributed by atoms with Crippen molar-refractivity contribution in [3.05, 3.63) is 84.5 Å². The van der Waals surface area contributed by atoms with E-state index in [1.165, 1.54) is 29.9 Å². The standard InChI is InChI=1S/C28H29N3O6S/c1-7-36-27(34)24-16(2)29-28-31(25(24)19-10-13-21(37-17(3)32)22(15-19)35-6)26(33)23(38-28)14-18-8-11-20(12-9-18)30(4)5/h8-15,25H,7H2,1-6H3. The van der Waals surface area contributed by atoms with Crippen molar-refractivity contribution in [2.24, 2.45) is 4.99 Å². The van der Waals surface area contributed by atoms with Gasteiger partial charge in [-0.3, -0.25) is 14.2 Å². The fourth-order valence-electron chi connectivity index (χ4n) is 4.22. The molecule has 3 aromatic rings. The van der Waals surface area contributed by atoms with Crippen molar-refractivity contribution in [3.8, 4) is 11.5 Å². The van der Waals surface area contributed by atoms with Crippen molar-refractivity contribution in [2.75, 3.05) is 32.7 Å². The van der Waals surface area contributed by atoms with E-state index in [1.807, 2.05) is 49.3 Å². The predicted octanol–water partition coefficient (Wildman–Crippen LogP) is 2.80. The fraction of sp³-hybridized carbons (Fsp3) is 0.286. The van der Waals surface area contributed by atoms with Crippen LogP contribution in [0.4, 0.5) is 5.69 Å². The molecule has 2 heterocycles. The number of esters is 2. The molecule has 0 fully saturated rings. The minimum Gasteiger partial charge on any atom is -0.493 e. The van der Waals surface area contributed by atoms with Crippen LogP contribution in [0.5, 0.6) is 11.5 Å². The molecule has 10 heteroatoms. The maximum absolute atomic E-state index is 13.8. The molecule has 0 saturated heterocycles. The molecule has 198 valence electrons. The number of carbonyl (C=O) groups is 2. The van der Waals surface area contributed by atoms with Gasteiger partial charge in [0.15, 0.2) is 16.3 Å². The molecule has 4 rings (SSSR count). The first-order valence-electron chi connectivity index (χ1n) is 12.0. The molecule has 1 unspecified atom stereocenters. The molecule has 0 N–H and O–H groups in total. The van der Waals surface area contributed by atoms with Crippen LogP contribution in [0.25, 0.3) is 6.08 Å². The molecule has 0 radical (unpaired) electrons. The highest BCUT2D eigenvalue weighted by molar-refractivity contribution is 7.07. The van der Waals surface area contributed by atoms with Crippen LogP contribution in [0.1, 0.15) is 37.9 Å². The molecule has 0 amide bonds. The lowest BCUT2D eigenvalue weighted by molar-refractivity contribution is -0.139. The number of methoxy groups -OCH3 is 1. The van der Waals surface area contributed by atoms with Crippen molar-refractivity contribution in [2.45, 2.75) is 26.8 Å². The Morgan fingerprint density at radius 1 is 1.13 bits per heavy atom. The number of thiazole rings is 1. The molecule has 38 heavy (non-hydrogen) atoms. The number of hydrogen-bond acceptors (Lipinski definition) is 9. The Hall–Kier alpha value is -4.18. The fourth-order valence-corrected chi connectivity index (χ4v) is 5.27. The van der Waals surface area contributed by atoms with Crippen LogP contribution >= 0.6 is 11.3 Å².